The lowest BCUT2D eigenvalue weighted by Gasteiger charge is -2.25. The van der Waals surface area contributed by atoms with Gasteiger partial charge in [-0.2, -0.15) is 0 Å². The summed E-state index contributed by atoms with van der Waals surface area (Å²) < 4.78 is 0. The molecular formula is C27H33ClN4O. The Hall–Kier alpha value is -2.37. The van der Waals surface area contributed by atoms with Gasteiger partial charge in [-0.25, -0.2) is 0 Å². The minimum Gasteiger partial charge on any atom is -0.384 e. The molecule has 5 nitrogen and oxygen atoms in total. The van der Waals surface area contributed by atoms with Crippen molar-refractivity contribution in [1.82, 2.24) is 15.3 Å². The van der Waals surface area contributed by atoms with Crippen LogP contribution in [0.4, 0.5) is 5.69 Å². The number of nitrogens with one attached hydrogen (secondary N) is 3. The van der Waals surface area contributed by atoms with E-state index in [1.165, 1.54) is 53.6 Å². The van der Waals surface area contributed by atoms with E-state index in [-0.39, 0.29) is 5.56 Å². The number of hydrogen-bond donors (Lipinski definition) is 3. The number of rotatable bonds is 8. The van der Waals surface area contributed by atoms with Crippen LogP contribution in [-0.2, 0) is 25.7 Å². The number of anilines is 1. The number of nitrogens with zero attached hydrogens (tertiary/aromatic N) is 1. The van der Waals surface area contributed by atoms with Crippen molar-refractivity contribution in [2.24, 2.45) is 0 Å². The zero-order valence-electron chi connectivity index (χ0n) is 19.2. The molecule has 2 aliphatic carbocycles. The number of H-pyrrole nitrogens is 1. The molecule has 1 aromatic carbocycles. The molecule has 1 atom stereocenters. The Balaban J connectivity index is 1.10. The predicted molar refractivity (Wildman–Crippen MR) is 137 cm³/mol. The van der Waals surface area contributed by atoms with E-state index >= 15 is 0 Å². The van der Waals surface area contributed by atoms with Crippen LogP contribution in [0.1, 0.15) is 61.0 Å². The summed E-state index contributed by atoms with van der Waals surface area (Å²) >= 11 is 6.24. The number of unbranched alkanes of at least 4 members (excludes halogenated alkanes) is 2. The molecule has 0 aliphatic heterocycles. The Kier molecular flexibility index (Phi) is 6.98. The second-order valence-electron chi connectivity index (χ2n) is 9.49. The third-order valence-corrected chi connectivity index (χ3v) is 7.36. The molecule has 0 spiro atoms. The van der Waals surface area contributed by atoms with Gasteiger partial charge in [0.05, 0.1) is 5.52 Å². The summed E-state index contributed by atoms with van der Waals surface area (Å²) in [7, 11) is 0. The third-order valence-electron chi connectivity index (χ3n) is 7.12. The molecule has 33 heavy (non-hydrogen) atoms. The Morgan fingerprint density at radius 2 is 1.91 bits per heavy atom. The van der Waals surface area contributed by atoms with Gasteiger partial charge in [0, 0.05) is 46.1 Å². The van der Waals surface area contributed by atoms with Crippen LogP contribution >= 0.6 is 11.6 Å². The summed E-state index contributed by atoms with van der Waals surface area (Å²) in [6, 6.07) is 10.2. The molecule has 2 aromatic heterocycles. The molecule has 0 saturated carbocycles. The largest absolute Gasteiger partial charge is 0.384 e. The molecule has 2 heterocycles. The van der Waals surface area contributed by atoms with E-state index in [0.717, 1.165) is 67.8 Å². The van der Waals surface area contributed by atoms with E-state index < -0.39 is 0 Å². The number of fused-ring (bicyclic) bond motifs is 3. The van der Waals surface area contributed by atoms with Crippen LogP contribution < -0.4 is 16.2 Å². The highest BCUT2D eigenvalue weighted by atomic mass is 35.5. The zero-order chi connectivity index (χ0) is 22.6. The number of aromatic amines is 1. The number of aryl methyl sites for hydroxylation is 2. The van der Waals surface area contributed by atoms with Crippen LogP contribution in [0.25, 0.3) is 10.9 Å². The second kappa shape index (κ2) is 10.3. The summed E-state index contributed by atoms with van der Waals surface area (Å²) in [5.41, 5.74) is 7.38. The van der Waals surface area contributed by atoms with Gasteiger partial charge in [0.25, 0.3) is 0 Å². The second-order valence-corrected chi connectivity index (χ2v) is 9.92. The Bertz CT molecular complexity index is 1190. The number of halogens is 1. The van der Waals surface area contributed by atoms with Gasteiger partial charge in [0.15, 0.2) is 0 Å². The molecule has 3 aromatic rings. The zero-order valence-corrected chi connectivity index (χ0v) is 19.9. The van der Waals surface area contributed by atoms with Crippen molar-refractivity contribution in [2.75, 3.05) is 18.4 Å². The highest BCUT2D eigenvalue weighted by molar-refractivity contribution is 6.31. The van der Waals surface area contributed by atoms with Crippen molar-refractivity contribution in [3.63, 3.8) is 0 Å². The smallest absolute Gasteiger partial charge is 0.248 e. The molecule has 6 heteroatoms. The van der Waals surface area contributed by atoms with Crippen molar-refractivity contribution in [3.05, 3.63) is 68.2 Å². The molecule has 5 rings (SSSR count). The first kappa shape index (κ1) is 22.4. The van der Waals surface area contributed by atoms with E-state index in [0.29, 0.717) is 6.04 Å². The highest BCUT2D eigenvalue weighted by Gasteiger charge is 2.19. The van der Waals surface area contributed by atoms with Crippen molar-refractivity contribution in [1.29, 1.82) is 0 Å². The molecule has 0 saturated heterocycles. The molecule has 3 N–H and O–H groups in total. The van der Waals surface area contributed by atoms with Gasteiger partial charge in [-0.3, -0.25) is 9.78 Å². The summed E-state index contributed by atoms with van der Waals surface area (Å²) in [5.74, 6) is 0. The normalized spacial score (nSPS) is 17.5. The first-order chi connectivity index (χ1) is 16.2. The van der Waals surface area contributed by atoms with Gasteiger partial charge in [-0.1, -0.05) is 24.1 Å². The average molecular weight is 465 g/mol. The summed E-state index contributed by atoms with van der Waals surface area (Å²) in [5, 5.41) is 9.43. The van der Waals surface area contributed by atoms with E-state index in [9.17, 15) is 4.79 Å². The number of pyridine rings is 2. The maximum absolute atomic E-state index is 11.5. The van der Waals surface area contributed by atoms with Crippen molar-refractivity contribution in [3.8, 4) is 0 Å². The lowest BCUT2D eigenvalue weighted by atomic mass is 9.92. The molecule has 0 fully saturated rings. The quantitative estimate of drug-likeness (QED) is 0.401. The van der Waals surface area contributed by atoms with Gasteiger partial charge < -0.3 is 15.6 Å². The van der Waals surface area contributed by atoms with Gasteiger partial charge in [-0.05, 0) is 93.7 Å². The SMILES string of the molecule is O=c1ccc2c([nH]1)CCC(NCCCCCNc1c3c(nc4cc(Cl)ccc14)CCCC3)C2. The number of hydrogen-bond acceptors (Lipinski definition) is 4. The lowest BCUT2D eigenvalue weighted by molar-refractivity contribution is 0.445. The topological polar surface area (TPSA) is 69.8 Å². The maximum Gasteiger partial charge on any atom is 0.248 e. The molecule has 2 aliphatic rings. The predicted octanol–water partition coefficient (Wildman–Crippen LogP) is 5.18. The van der Waals surface area contributed by atoms with Crippen LogP contribution in [0, 0.1) is 0 Å². The van der Waals surface area contributed by atoms with Gasteiger partial charge in [-0.15, -0.1) is 0 Å². The fourth-order valence-electron chi connectivity index (χ4n) is 5.37. The first-order valence-electron chi connectivity index (χ1n) is 12.5. The summed E-state index contributed by atoms with van der Waals surface area (Å²) in [6.45, 7) is 2.04. The summed E-state index contributed by atoms with van der Waals surface area (Å²) in [4.78, 5) is 19.4. The maximum atomic E-state index is 11.5. The molecule has 1 unspecified atom stereocenters. The molecule has 174 valence electrons. The minimum atomic E-state index is 0.0119. The van der Waals surface area contributed by atoms with Crippen molar-refractivity contribution >= 4 is 28.2 Å². The van der Waals surface area contributed by atoms with E-state index in [4.69, 9.17) is 16.6 Å². The van der Waals surface area contributed by atoms with Gasteiger partial charge in [0.1, 0.15) is 0 Å². The van der Waals surface area contributed by atoms with E-state index in [1.807, 2.05) is 18.2 Å². The minimum absolute atomic E-state index is 0.0119. The van der Waals surface area contributed by atoms with E-state index in [2.05, 4.69) is 21.7 Å². The standard InChI is InChI=1S/C27H33ClN4O/c28-19-9-11-22-25(17-19)31-24-7-3-2-6-21(24)27(22)30-15-5-1-4-14-29-20-10-12-23-18(16-20)8-13-26(33)32-23/h8-9,11,13,17,20,29H,1-7,10,12,14-16H2,(H,30,31)(H,32,33). The van der Waals surface area contributed by atoms with Crippen LogP contribution in [0.2, 0.25) is 5.02 Å². The molecule has 0 amide bonds. The van der Waals surface area contributed by atoms with Crippen LogP contribution in [0.5, 0.6) is 0 Å². The Morgan fingerprint density at radius 1 is 1.03 bits per heavy atom. The number of benzene rings is 1. The van der Waals surface area contributed by atoms with Crippen LogP contribution in [0.15, 0.2) is 35.1 Å². The van der Waals surface area contributed by atoms with Crippen molar-refractivity contribution < 1.29 is 0 Å². The fraction of sp³-hybridized carbons (Fsp3) is 0.481. The average Bonchev–Trinajstić information content (AvgIpc) is 2.82. The van der Waals surface area contributed by atoms with Gasteiger partial charge in [0.2, 0.25) is 5.56 Å². The molecule has 0 radical (unpaired) electrons. The first-order valence-corrected chi connectivity index (χ1v) is 12.8. The molecule has 0 bridgehead atoms. The lowest BCUT2D eigenvalue weighted by Crippen LogP contribution is -2.36. The number of aromatic nitrogens is 2. The van der Waals surface area contributed by atoms with Gasteiger partial charge >= 0.3 is 0 Å². The Morgan fingerprint density at radius 3 is 2.85 bits per heavy atom. The van der Waals surface area contributed by atoms with Crippen LogP contribution in [-0.4, -0.2) is 29.1 Å². The summed E-state index contributed by atoms with van der Waals surface area (Å²) in [6.07, 6.45) is 11.3. The van der Waals surface area contributed by atoms with Crippen LogP contribution in [0.3, 0.4) is 0 Å². The third kappa shape index (κ3) is 5.25. The highest BCUT2D eigenvalue weighted by Crippen LogP contribution is 2.34. The Labute approximate surface area is 200 Å². The molecular weight excluding hydrogens is 432 g/mol. The monoisotopic (exact) mass is 464 g/mol. The van der Waals surface area contributed by atoms with E-state index in [1.54, 1.807) is 6.07 Å². The van der Waals surface area contributed by atoms with Crippen molar-refractivity contribution in [2.45, 2.75) is 70.3 Å². The fourth-order valence-corrected chi connectivity index (χ4v) is 5.54.